The maximum atomic E-state index is 11.6. The Hall–Kier alpha value is -1.10. The van der Waals surface area contributed by atoms with E-state index in [1.165, 1.54) is 7.11 Å². The van der Waals surface area contributed by atoms with Crippen LogP contribution in [0.5, 0.6) is 0 Å². The molecule has 0 aliphatic carbocycles. The summed E-state index contributed by atoms with van der Waals surface area (Å²) in [5.41, 5.74) is 1.01. The van der Waals surface area contributed by atoms with Crippen molar-refractivity contribution in [1.82, 2.24) is 0 Å². The Morgan fingerprint density at radius 2 is 2.24 bits per heavy atom. The Bertz CT molecular complexity index is 489. The van der Waals surface area contributed by atoms with Crippen molar-refractivity contribution in [2.24, 2.45) is 0 Å². The molecule has 90 valence electrons. The Morgan fingerprint density at radius 1 is 1.47 bits per heavy atom. The molecule has 0 bridgehead atoms. The minimum atomic E-state index is -1.45. The summed E-state index contributed by atoms with van der Waals surface area (Å²) in [5.74, 6) is -0.584. The molecule has 1 aromatic rings. The fourth-order valence-electron chi connectivity index (χ4n) is 2.33. The van der Waals surface area contributed by atoms with Gasteiger partial charge in [-0.05, 0) is 11.1 Å². The first-order chi connectivity index (χ1) is 8.14. The van der Waals surface area contributed by atoms with Crippen LogP contribution in [0.2, 0.25) is 0 Å². The van der Waals surface area contributed by atoms with Gasteiger partial charge in [-0.2, -0.15) is 0 Å². The summed E-state index contributed by atoms with van der Waals surface area (Å²) in [6, 6.07) is 7.65. The molecule has 3 rings (SSSR count). The topological polar surface area (TPSA) is 48.1 Å². The predicted molar refractivity (Wildman–Crippen MR) is 59.5 cm³/mol. The van der Waals surface area contributed by atoms with E-state index in [0.29, 0.717) is 6.61 Å². The standard InChI is InChI=1S/C12H11ClO4/c1-15-10(14)12(13)11(17-12)7-16-6-8-4-2-3-5-9(8)11/h2-5H,6-7H2,1H3. The Balaban J connectivity index is 2.06. The van der Waals surface area contributed by atoms with Gasteiger partial charge in [0.15, 0.2) is 5.60 Å². The van der Waals surface area contributed by atoms with Crippen molar-refractivity contribution >= 4 is 17.6 Å². The Morgan fingerprint density at radius 3 is 3.00 bits per heavy atom. The molecule has 2 aliphatic rings. The lowest BCUT2D eigenvalue weighted by Crippen LogP contribution is -2.35. The molecule has 0 aromatic heterocycles. The van der Waals surface area contributed by atoms with Gasteiger partial charge >= 0.3 is 5.97 Å². The minimum Gasteiger partial charge on any atom is -0.466 e. The van der Waals surface area contributed by atoms with Crippen LogP contribution in [0, 0.1) is 0 Å². The molecule has 0 radical (unpaired) electrons. The number of esters is 1. The molecule has 1 fully saturated rings. The van der Waals surface area contributed by atoms with E-state index in [0.717, 1.165) is 11.1 Å². The Kier molecular flexibility index (Phi) is 2.23. The van der Waals surface area contributed by atoms with Crippen molar-refractivity contribution in [2.45, 2.75) is 17.3 Å². The minimum absolute atomic E-state index is 0.266. The summed E-state index contributed by atoms with van der Waals surface area (Å²) in [5, 5.41) is -1.45. The number of hydrogen-bond acceptors (Lipinski definition) is 4. The van der Waals surface area contributed by atoms with E-state index in [-0.39, 0.29) is 6.61 Å². The van der Waals surface area contributed by atoms with Gasteiger partial charge in [0.2, 0.25) is 0 Å². The predicted octanol–water partition coefficient (Wildman–Crippen LogP) is 1.55. The van der Waals surface area contributed by atoms with Crippen LogP contribution in [0.15, 0.2) is 24.3 Å². The van der Waals surface area contributed by atoms with E-state index in [1.54, 1.807) is 0 Å². The highest BCUT2D eigenvalue weighted by atomic mass is 35.5. The van der Waals surface area contributed by atoms with Gasteiger partial charge in [0.05, 0.1) is 20.3 Å². The fourth-order valence-corrected chi connectivity index (χ4v) is 2.69. The number of alkyl halides is 1. The first kappa shape index (κ1) is 11.0. The molecule has 2 atom stereocenters. The van der Waals surface area contributed by atoms with Gasteiger partial charge in [-0.25, -0.2) is 4.79 Å². The van der Waals surface area contributed by atoms with Crippen LogP contribution < -0.4 is 0 Å². The van der Waals surface area contributed by atoms with Gasteiger partial charge in [0.1, 0.15) is 0 Å². The highest BCUT2D eigenvalue weighted by Gasteiger charge is 2.77. The third-order valence-electron chi connectivity index (χ3n) is 3.26. The normalized spacial score (nSPS) is 34.2. The average Bonchev–Trinajstić information content (AvgIpc) is 2.96. The van der Waals surface area contributed by atoms with Gasteiger partial charge in [-0.1, -0.05) is 35.9 Å². The van der Waals surface area contributed by atoms with E-state index < -0.39 is 16.6 Å². The number of epoxide rings is 1. The summed E-state index contributed by atoms with van der Waals surface area (Å²) < 4.78 is 15.6. The van der Waals surface area contributed by atoms with Crippen LogP contribution in [-0.4, -0.2) is 24.7 Å². The lowest BCUT2D eigenvalue weighted by Gasteiger charge is -2.23. The van der Waals surface area contributed by atoms with Crippen LogP contribution in [0.4, 0.5) is 0 Å². The first-order valence-corrected chi connectivity index (χ1v) is 5.65. The molecule has 4 nitrogen and oxygen atoms in total. The molecule has 1 aromatic carbocycles. The third kappa shape index (κ3) is 1.29. The molecule has 2 aliphatic heterocycles. The third-order valence-corrected chi connectivity index (χ3v) is 3.79. The maximum absolute atomic E-state index is 11.6. The molecule has 0 saturated carbocycles. The number of benzene rings is 1. The number of halogens is 1. The summed E-state index contributed by atoms with van der Waals surface area (Å²) in [4.78, 5) is 11.6. The zero-order valence-electron chi connectivity index (χ0n) is 9.23. The fraction of sp³-hybridized carbons (Fsp3) is 0.417. The highest BCUT2D eigenvalue weighted by Crippen LogP contribution is 2.61. The zero-order valence-corrected chi connectivity index (χ0v) is 9.99. The summed E-state index contributed by atoms with van der Waals surface area (Å²) in [6.45, 7) is 0.776. The molecule has 5 heteroatoms. The molecule has 2 unspecified atom stereocenters. The van der Waals surface area contributed by atoms with Crippen molar-refractivity contribution < 1.29 is 19.0 Å². The van der Waals surface area contributed by atoms with Gasteiger partial charge < -0.3 is 14.2 Å². The quantitative estimate of drug-likeness (QED) is 0.433. The number of ether oxygens (including phenoxy) is 3. The van der Waals surface area contributed by atoms with Crippen molar-refractivity contribution in [1.29, 1.82) is 0 Å². The second kappa shape index (κ2) is 3.45. The summed E-state index contributed by atoms with van der Waals surface area (Å²) in [6.07, 6.45) is 0. The number of rotatable bonds is 1. The first-order valence-electron chi connectivity index (χ1n) is 5.28. The second-order valence-electron chi connectivity index (χ2n) is 4.17. The summed E-state index contributed by atoms with van der Waals surface area (Å²) >= 11 is 6.18. The smallest absolute Gasteiger partial charge is 0.357 e. The molecule has 17 heavy (non-hydrogen) atoms. The summed E-state index contributed by atoms with van der Waals surface area (Å²) in [7, 11) is 1.29. The van der Waals surface area contributed by atoms with Crippen LogP contribution >= 0.6 is 11.6 Å². The van der Waals surface area contributed by atoms with E-state index in [9.17, 15) is 4.79 Å². The van der Waals surface area contributed by atoms with Crippen molar-refractivity contribution in [3.05, 3.63) is 35.4 Å². The van der Waals surface area contributed by atoms with E-state index in [1.807, 2.05) is 24.3 Å². The maximum Gasteiger partial charge on any atom is 0.357 e. The number of methoxy groups -OCH3 is 1. The molecule has 0 N–H and O–H groups in total. The molecular formula is C12H11ClO4. The van der Waals surface area contributed by atoms with Crippen molar-refractivity contribution in [2.75, 3.05) is 13.7 Å². The van der Waals surface area contributed by atoms with Crippen LogP contribution in [0.1, 0.15) is 11.1 Å². The number of carbonyl (C=O) groups excluding carboxylic acids is 1. The number of fused-ring (bicyclic) bond motifs is 2. The van der Waals surface area contributed by atoms with E-state index >= 15 is 0 Å². The lowest BCUT2D eigenvalue weighted by molar-refractivity contribution is -0.143. The molecule has 0 amide bonds. The molecule has 1 spiro atoms. The largest absolute Gasteiger partial charge is 0.466 e. The molecule has 1 saturated heterocycles. The zero-order chi connectivity index (χ0) is 12.1. The Labute approximate surface area is 103 Å². The molecule has 2 heterocycles. The lowest BCUT2D eigenvalue weighted by atomic mass is 9.90. The average molecular weight is 255 g/mol. The SMILES string of the molecule is COC(=O)C1(Cl)OC12COCc1ccccc12. The van der Waals surface area contributed by atoms with E-state index in [2.05, 4.69) is 4.74 Å². The van der Waals surface area contributed by atoms with Gasteiger partial charge in [-0.3, -0.25) is 0 Å². The highest BCUT2D eigenvalue weighted by molar-refractivity contribution is 6.36. The van der Waals surface area contributed by atoms with Crippen molar-refractivity contribution in [3.8, 4) is 0 Å². The van der Waals surface area contributed by atoms with Gasteiger partial charge in [0.25, 0.3) is 5.06 Å². The van der Waals surface area contributed by atoms with Gasteiger partial charge in [-0.15, -0.1) is 0 Å². The van der Waals surface area contributed by atoms with Crippen LogP contribution in [0.3, 0.4) is 0 Å². The molecular weight excluding hydrogens is 244 g/mol. The monoisotopic (exact) mass is 254 g/mol. The van der Waals surface area contributed by atoms with Crippen LogP contribution in [0.25, 0.3) is 0 Å². The second-order valence-corrected chi connectivity index (χ2v) is 4.70. The number of hydrogen-bond donors (Lipinski definition) is 0. The van der Waals surface area contributed by atoms with E-state index in [4.69, 9.17) is 21.1 Å². The van der Waals surface area contributed by atoms with Crippen molar-refractivity contribution in [3.63, 3.8) is 0 Å². The van der Waals surface area contributed by atoms with Crippen LogP contribution in [-0.2, 0) is 31.2 Å². The van der Waals surface area contributed by atoms with Gasteiger partial charge in [0, 0.05) is 0 Å². The number of carbonyl (C=O) groups is 1.